The Morgan fingerprint density at radius 3 is 3.06 bits per heavy atom. The van der Waals surface area contributed by atoms with Gasteiger partial charge in [0.2, 0.25) is 5.91 Å². The van der Waals surface area contributed by atoms with Crippen molar-refractivity contribution in [1.82, 2.24) is 15.5 Å². The third-order valence-electron chi connectivity index (χ3n) is 3.24. The summed E-state index contributed by atoms with van der Waals surface area (Å²) in [7, 11) is 0. The van der Waals surface area contributed by atoms with Crippen LogP contribution in [-0.2, 0) is 4.79 Å². The average Bonchev–Trinajstić information content (AvgIpc) is 2.31. The molecule has 2 aliphatic heterocycles. The Labute approximate surface area is 102 Å². The molecule has 2 N–H and O–H groups in total. The highest BCUT2D eigenvalue weighted by atomic mass is 32.2. The van der Waals surface area contributed by atoms with E-state index in [-0.39, 0.29) is 0 Å². The number of carbonyl (C=O) groups is 1. The number of thioether (sulfide) groups is 1. The van der Waals surface area contributed by atoms with Crippen molar-refractivity contribution in [3.05, 3.63) is 0 Å². The van der Waals surface area contributed by atoms with E-state index < -0.39 is 0 Å². The van der Waals surface area contributed by atoms with E-state index in [4.69, 9.17) is 0 Å². The molecule has 5 heteroatoms. The van der Waals surface area contributed by atoms with Gasteiger partial charge < -0.3 is 15.5 Å². The number of rotatable bonds is 2. The van der Waals surface area contributed by atoms with Crippen molar-refractivity contribution >= 4 is 17.7 Å². The molecule has 2 fully saturated rings. The minimum Gasteiger partial charge on any atom is -0.337 e. The summed E-state index contributed by atoms with van der Waals surface area (Å²) < 4.78 is 0. The van der Waals surface area contributed by atoms with Crippen molar-refractivity contribution in [3.63, 3.8) is 0 Å². The van der Waals surface area contributed by atoms with Crippen LogP contribution in [0.1, 0.15) is 13.3 Å². The highest BCUT2D eigenvalue weighted by Crippen LogP contribution is 2.13. The van der Waals surface area contributed by atoms with Crippen LogP contribution in [0.4, 0.5) is 0 Å². The average molecular weight is 243 g/mol. The molecule has 2 saturated heterocycles. The molecule has 0 aromatic rings. The van der Waals surface area contributed by atoms with Crippen molar-refractivity contribution in [3.8, 4) is 0 Å². The first-order chi connectivity index (χ1) is 7.77. The second kappa shape index (κ2) is 5.89. The van der Waals surface area contributed by atoms with Crippen molar-refractivity contribution in [2.75, 3.05) is 37.7 Å². The Morgan fingerprint density at radius 2 is 2.38 bits per heavy atom. The van der Waals surface area contributed by atoms with Gasteiger partial charge in [-0.1, -0.05) is 0 Å². The molecule has 2 atom stereocenters. The molecule has 0 aromatic heterocycles. The van der Waals surface area contributed by atoms with E-state index in [2.05, 4.69) is 17.6 Å². The van der Waals surface area contributed by atoms with Crippen LogP contribution in [0.5, 0.6) is 0 Å². The topological polar surface area (TPSA) is 44.4 Å². The monoisotopic (exact) mass is 243 g/mol. The van der Waals surface area contributed by atoms with Gasteiger partial charge >= 0.3 is 0 Å². The maximum absolute atomic E-state index is 12.1. The number of hydrogen-bond donors (Lipinski definition) is 2. The number of amides is 1. The van der Waals surface area contributed by atoms with E-state index in [0.717, 1.165) is 31.9 Å². The number of nitrogens with zero attached hydrogens (tertiary/aromatic N) is 1. The van der Waals surface area contributed by atoms with Crippen LogP contribution in [0.25, 0.3) is 0 Å². The fourth-order valence-corrected chi connectivity index (χ4v) is 3.24. The van der Waals surface area contributed by atoms with Crippen LogP contribution in [0.15, 0.2) is 0 Å². The smallest absolute Gasteiger partial charge is 0.224 e. The minimum atomic E-state index is 0.314. The predicted octanol–water partition coefficient (Wildman–Crippen LogP) is -0.0982. The van der Waals surface area contributed by atoms with Crippen LogP contribution in [0.3, 0.4) is 0 Å². The maximum Gasteiger partial charge on any atom is 0.224 e. The molecule has 4 nitrogen and oxygen atoms in total. The Kier molecular flexibility index (Phi) is 4.49. The van der Waals surface area contributed by atoms with Gasteiger partial charge in [0.1, 0.15) is 0 Å². The third kappa shape index (κ3) is 3.12. The number of nitrogens with one attached hydrogen (secondary N) is 2. The second-order valence-electron chi connectivity index (χ2n) is 4.57. The van der Waals surface area contributed by atoms with Gasteiger partial charge in [-0.3, -0.25) is 4.79 Å². The van der Waals surface area contributed by atoms with E-state index in [1.54, 1.807) is 0 Å². The molecule has 0 bridgehead atoms. The van der Waals surface area contributed by atoms with E-state index in [1.165, 1.54) is 5.75 Å². The first-order valence-electron chi connectivity index (χ1n) is 6.08. The Balaban J connectivity index is 1.81. The van der Waals surface area contributed by atoms with Crippen LogP contribution in [0.2, 0.25) is 0 Å². The standard InChI is InChI=1S/C11H21N3OS/c1-9-7-12-2-4-14(9)11(15)6-10-8-16-5-3-13-10/h9-10,12-13H,2-8H2,1H3/t9-,10?/m0/s1. The lowest BCUT2D eigenvalue weighted by Gasteiger charge is -2.35. The first kappa shape index (κ1) is 12.2. The van der Waals surface area contributed by atoms with Crippen molar-refractivity contribution < 1.29 is 4.79 Å². The summed E-state index contributed by atoms with van der Waals surface area (Å²) in [5, 5.41) is 6.73. The summed E-state index contributed by atoms with van der Waals surface area (Å²) in [6.07, 6.45) is 0.664. The van der Waals surface area contributed by atoms with Gasteiger partial charge in [0.15, 0.2) is 0 Å². The fraction of sp³-hybridized carbons (Fsp3) is 0.909. The lowest BCUT2D eigenvalue weighted by Crippen LogP contribution is -2.53. The highest BCUT2D eigenvalue weighted by molar-refractivity contribution is 7.99. The van der Waals surface area contributed by atoms with Crippen LogP contribution in [0, 0.1) is 0 Å². The molecule has 0 aliphatic carbocycles. The van der Waals surface area contributed by atoms with Gasteiger partial charge in [-0.05, 0) is 6.92 Å². The largest absolute Gasteiger partial charge is 0.337 e. The molecule has 0 saturated carbocycles. The zero-order valence-corrected chi connectivity index (χ0v) is 10.7. The number of piperazine rings is 1. The van der Waals surface area contributed by atoms with Gasteiger partial charge in [-0.25, -0.2) is 0 Å². The number of hydrogen-bond acceptors (Lipinski definition) is 4. The quantitative estimate of drug-likeness (QED) is 0.711. The van der Waals surface area contributed by atoms with Gasteiger partial charge in [-0.2, -0.15) is 11.8 Å². The lowest BCUT2D eigenvalue weighted by atomic mass is 10.1. The molecule has 2 heterocycles. The summed E-state index contributed by atoms with van der Waals surface area (Å²) in [4.78, 5) is 14.2. The fourth-order valence-electron chi connectivity index (χ4n) is 2.29. The molecule has 2 aliphatic rings. The molecule has 0 radical (unpaired) electrons. The summed E-state index contributed by atoms with van der Waals surface area (Å²) in [5.74, 6) is 2.56. The minimum absolute atomic E-state index is 0.314. The van der Waals surface area contributed by atoms with Crippen molar-refractivity contribution in [2.45, 2.75) is 25.4 Å². The normalized spacial score (nSPS) is 31.4. The summed E-state index contributed by atoms with van der Waals surface area (Å²) in [6.45, 7) is 5.88. The van der Waals surface area contributed by atoms with E-state index in [9.17, 15) is 4.79 Å². The maximum atomic E-state index is 12.1. The van der Waals surface area contributed by atoms with Gasteiger partial charge in [-0.15, -0.1) is 0 Å². The Bertz CT molecular complexity index is 243. The Morgan fingerprint density at radius 1 is 1.50 bits per heavy atom. The van der Waals surface area contributed by atoms with Gasteiger partial charge in [0.25, 0.3) is 0 Å². The molecule has 1 amide bonds. The SMILES string of the molecule is C[C@H]1CNCCN1C(=O)CC1CSCCN1. The molecular formula is C11H21N3OS. The molecule has 92 valence electrons. The molecule has 2 rings (SSSR count). The summed E-state index contributed by atoms with van der Waals surface area (Å²) in [5.41, 5.74) is 0. The third-order valence-corrected chi connectivity index (χ3v) is 4.37. The van der Waals surface area contributed by atoms with Gasteiger partial charge in [0, 0.05) is 56.2 Å². The molecule has 0 aromatic carbocycles. The Hall–Kier alpha value is -0.260. The molecular weight excluding hydrogens is 222 g/mol. The molecule has 1 unspecified atom stereocenters. The van der Waals surface area contributed by atoms with Crippen LogP contribution < -0.4 is 10.6 Å². The van der Waals surface area contributed by atoms with E-state index >= 15 is 0 Å². The van der Waals surface area contributed by atoms with Crippen LogP contribution >= 0.6 is 11.8 Å². The predicted molar refractivity (Wildman–Crippen MR) is 67.8 cm³/mol. The van der Waals surface area contributed by atoms with Crippen molar-refractivity contribution in [1.29, 1.82) is 0 Å². The van der Waals surface area contributed by atoms with Crippen molar-refractivity contribution in [2.24, 2.45) is 0 Å². The molecule has 16 heavy (non-hydrogen) atoms. The highest BCUT2D eigenvalue weighted by Gasteiger charge is 2.25. The van der Waals surface area contributed by atoms with E-state index in [0.29, 0.717) is 24.4 Å². The summed E-state index contributed by atoms with van der Waals surface area (Å²) in [6, 6.07) is 0.728. The zero-order chi connectivity index (χ0) is 11.4. The second-order valence-corrected chi connectivity index (χ2v) is 5.72. The van der Waals surface area contributed by atoms with Crippen LogP contribution in [-0.4, -0.2) is 60.6 Å². The van der Waals surface area contributed by atoms with Gasteiger partial charge in [0.05, 0.1) is 0 Å². The number of carbonyl (C=O) groups excluding carboxylic acids is 1. The molecule has 0 spiro atoms. The zero-order valence-electron chi connectivity index (χ0n) is 9.87. The summed E-state index contributed by atoms with van der Waals surface area (Å²) >= 11 is 1.95. The lowest BCUT2D eigenvalue weighted by molar-refractivity contribution is -0.134. The first-order valence-corrected chi connectivity index (χ1v) is 7.24. The van der Waals surface area contributed by atoms with E-state index in [1.807, 2.05) is 16.7 Å².